The summed E-state index contributed by atoms with van der Waals surface area (Å²) in [7, 11) is 0. The van der Waals surface area contributed by atoms with Gasteiger partial charge in [0.25, 0.3) is 0 Å². The number of hydrogen-bond acceptors (Lipinski definition) is 2. The van der Waals surface area contributed by atoms with E-state index in [0.717, 1.165) is 166 Å². The van der Waals surface area contributed by atoms with Crippen LogP contribution >= 0.6 is 0 Å². The molecule has 0 spiro atoms. The Kier molecular flexibility index (Phi) is 12.6. The van der Waals surface area contributed by atoms with Crippen LogP contribution in [0.25, 0.3) is 175 Å². The number of aromatic nitrogens is 4. The highest BCUT2D eigenvalue weighted by molar-refractivity contribution is 6.14. The van der Waals surface area contributed by atoms with Crippen molar-refractivity contribution in [3.8, 4) is 90.5 Å². The van der Waals surface area contributed by atoms with Crippen LogP contribution in [0.1, 0.15) is 11.1 Å². The first-order chi connectivity index (χ1) is 47.4. The Balaban J connectivity index is 0.875. The Morgan fingerprint density at radius 1 is 0.219 bits per heavy atom. The molecular weight excluding hydrogens is 1170 g/mol. The largest absolute Gasteiger partial charge is 0.309 e. The number of nitriles is 2. The van der Waals surface area contributed by atoms with E-state index in [2.05, 4.69) is 246 Å². The lowest BCUT2D eigenvalue weighted by Crippen LogP contribution is -1.94. The summed E-state index contributed by atoms with van der Waals surface area (Å²) in [4.78, 5) is 7.39. The van der Waals surface area contributed by atoms with Crippen molar-refractivity contribution in [3.05, 3.63) is 337 Å². The lowest BCUT2D eigenvalue weighted by Gasteiger charge is -2.16. The molecule has 8 heteroatoms. The maximum Gasteiger partial charge on any atom is 0.187 e. The summed E-state index contributed by atoms with van der Waals surface area (Å²) in [5, 5.41) is 28.5. The molecule has 0 aliphatic rings. The van der Waals surface area contributed by atoms with Gasteiger partial charge >= 0.3 is 0 Å². The topological polar surface area (TPSA) is 76.0 Å². The zero-order chi connectivity index (χ0) is 64.1. The van der Waals surface area contributed by atoms with Crippen LogP contribution < -0.4 is 0 Å². The van der Waals surface area contributed by atoms with E-state index in [0.29, 0.717) is 22.5 Å². The quantitative estimate of drug-likeness (QED) is 0.135. The molecule has 0 bridgehead atoms. The van der Waals surface area contributed by atoms with Crippen molar-refractivity contribution < 1.29 is 0 Å². The zero-order valence-electron chi connectivity index (χ0n) is 51.4. The lowest BCUT2D eigenvalue weighted by molar-refractivity contribution is 1.18. The summed E-state index contributed by atoms with van der Waals surface area (Å²) in [6.07, 6.45) is 0. The third-order valence-corrected chi connectivity index (χ3v) is 19.2. The average molecular weight is 1220 g/mol. The van der Waals surface area contributed by atoms with Gasteiger partial charge in [-0.3, -0.25) is 0 Å². The Labute approximate surface area is 552 Å². The molecular formula is C88H50N8. The van der Waals surface area contributed by atoms with E-state index in [1.807, 2.05) is 97.1 Å². The van der Waals surface area contributed by atoms with E-state index in [4.69, 9.17) is 13.1 Å². The first-order valence-corrected chi connectivity index (χ1v) is 31.8. The maximum atomic E-state index is 9.75. The van der Waals surface area contributed by atoms with E-state index in [1.165, 1.54) is 0 Å². The average Bonchev–Trinajstić information content (AvgIpc) is 1.80. The van der Waals surface area contributed by atoms with Crippen LogP contribution in [0, 0.1) is 35.8 Å². The first-order valence-electron chi connectivity index (χ1n) is 31.8. The molecule has 14 aromatic carbocycles. The number of nitrogens with zero attached hydrogens (tertiary/aromatic N) is 8. The van der Waals surface area contributed by atoms with E-state index in [-0.39, 0.29) is 0 Å². The van der Waals surface area contributed by atoms with Gasteiger partial charge in [0.15, 0.2) is 11.4 Å². The third-order valence-electron chi connectivity index (χ3n) is 19.2. The molecule has 4 heterocycles. The lowest BCUT2D eigenvalue weighted by atomic mass is 9.89. The van der Waals surface area contributed by atoms with Gasteiger partial charge in [0.2, 0.25) is 0 Å². The summed E-state index contributed by atoms with van der Waals surface area (Å²) >= 11 is 0. The summed E-state index contributed by atoms with van der Waals surface area (Å²) in [6.45, 7) is 15.4. The first kappa shape index (κ1) is 55.1. The highest BCUT2D eigenvalue weighted by atomic mass is 15.0. The molecule has 4 aromatic heterocycles. The molecule has 18 aromatic rings. The van der Waals surface area contributed by atoms with E-state index < -0.39 is 0 Å². The predicted octanol–water partition coefficient (Wildman–Crippen LogP) is 23.3. The van der Waals surface area contributed by atoms with Gasteiger partial charge in [-0.2, -0.15) is 10.5 Å². The fraction of sp³-hybridized carbons (Fsp3) is 0. The molecule has 8 nitrogen and oxygen atoms in total. The van der Waals surface area contributed by atoms with Gasteiger partial charge in [0.1, 0.15) is 0 Å². The number of fused-ring (bicyclic) bond motifs is 12. The second-order valence-electron chi connectivity index (χ2n) is 24.5. The molecule has 0 unspecified atom stereocenters. The minimum atomic E-state index is 0.600. The Bertz CT molecular complexity index is 5680. The number of para-hydroxylation sites is 4. The van der Waals surface area contributed by atoms with Crippen molar-refractivity contribution in [1.29, 1.82) is 10.5 Å². The maximum absolute atomic E-state index is 9.75. The molecule has 0 atom stereocenters. The van der Waals surface area contributed by atoms with E-state index in [1.54, 1.807) is 0 Å². The van der Waals surface area contributed by atoms with Crippen molar-refractivity contribution in [1.82, 2.24) is 18.3 Å². The number of hydrogen-bond donors (Lipinski definition) is 0. The summed E-state index contributed by atoms with van der Waals surface area (Å²) in [6, 6.07) is 112. The Hall–Kier alpha value is -13.8. The fourth-order valence-electron chi connectivity index (χ4n) is 14.7. The molecule has 0 aliphatic carbocycles. The van der Waals surface area contributed by atoms with Crippen LogP contribution in [0.5, 0.6) is 0 Å². The summed E-state index contributed by atoms with van der Waals surface area (Å²) in [5.74, 6) is 0. The highest BCUT2D eigenvalue weighted by Crippen LogP contribution is 2.45. The van der Waals surface area contributed by atoms with Gasteiger partial charge in [-0.15, -0.1) is 0 Å². The Morgan fingerprint density at radius 3 is 0.677 bits per heavy atom. The van der Waals surface area contributed by atoms with Crippen LogP contribution in [0.2, 0.25) is 0 Å². The zero-order valence-corrected chi connectivity index (χ0v) is 51.4. The van der Waals surface area contributed by atoms with E-state index in [9.17, 15) is 10.5 Å². The molecule has 442 valence electrons. The molecule has 0 aliphatic heterocycles. The fourth-order valence-corrected chi connectivity index (χ4v) is 14.7. The summed E-state index contributed by atoms with van der Waals surface area (Å²) < 4.78 is 9.18. The third kappa shape index (κ3) is 8.88. The molecule has 0 N–H and O–H groups in total. The molecule has 0 saturated carbocycles. The molecule has 0 radical (unpaired) electrons. The van der Waals surface area contributed by atoms with Crippen molar-refractivity contribution >= 4 is 98.6 Å². The van der Waals surface area contributed by atoms with Crippen LogP contribution in [-0.2, 0) is 0 Å². The van der Waals surface area contributed by atoms with Crippen LogP contribution in [0.15, 0.2) is 303 Å². The number of rotatable bonds is 9. The smallest absolute Gasteiger partial charge is 0.187 e. The molecule has 18 rings (SSSR count). The Morgan fingerprint density at radius 2 is 0.438 bits per heavy atom. The molecule has 0 amide bonds. The normalized spacial score (nSPS) is 11.5. The second kappa shape index (κ2) is 22.0. The summed E-state index contributed by atoms with van der Waals surface area (Å²) in [5.41, 5.74) is 25.6. The standard InChI is InChI=1S/C88H50N8/c1-91-67-27-35-71(36-28-67)95-83-17-9-5-13-75(83)79-51-59(25-41-87(79)95)63-44-64(60-26-42-88-80(52-60)76-14-6-10-18-84(76)96(88)72-37-29-68(92-2)30-38-72)48-66(47-63)65-45-61(57-23-39-85-77(49-57)73-11-3-7-15-81(73)93(85)69-31-19-55(53-89)20-32-69)43-62(46-65)58-24-40-86-78(50-58)74-12-4-8-16-82(74)94(86)70-33-21-56(54-90)22-34-70/h3-52H. The second-order valence-corrected chi connectivity index (χ2v) is 24.5. The predicted molar refractivity (Wildman–Crippen MR) is 393 cm³/mol. The van der Waals surface area contributed by atoms with Gasteiger partial charge in [0, 0.05) is 65.8 Å². The number of benzene rings is 14. The minimum absolute atomic E-state index is 0.600. The minimum Gasteiger partial charge on any atom is -0.309 e. The molecule has 96 heavy (non-hydrogen) atoms. The van der Waals surface area contributed by atoms with E-state index >= 15 is 0 Å². The van der Waals surface area contributed by atoms with Gasteiger partial charge < -0.3 is 18.3 Å². The van der Waals surface area contributed by atoms with Crippen LogP contribution in [0.3, 0.4) is 0 Å². The highest BCUT2D eigenvalue weighted by Gasteiger charge is 2.21. The van der Waals surface area contributed by atoms with Gasteiger partial charge in [-0.05, 0) is 238 Å². The van der Waals surface area contributed by atoms with Crippen molar-refractivity contribution in [2.75, 3.05) is 0 Å². The van der Waals surface area contributed by atoms with Crippen molar-refractivity contribution in [3.63, 3.8) is 0 Å². The molecule has 0 fully saturated rings. The van der Waals surface area contributed by atoms with Crippen molar-refractivity contribution in [2.24, 2.45) is 0 Å². The van der Waals surface area contributed by atoms with Crippen molar-refractivity contribution in [2.45, 2.75) is 0 Å². The molecule has 0 saturated heterocycles. The van der Waals surface area contributed by atoms with Gasteiger partial charge in [-0.1, -0.05) is 121 Å². The SMILES string of the molecule is [C-]#[N+]c1ccc(-n2c3ccccc3c3cc(-c4cc(-c5cc(-c6ccc7c(c6)c6ccccc6n7-c6ccc(C#N)cc6)cc(-c6ccc7c(c6)c6ccccc6n7-c6ccc(C#N)cc6)c5)cc(-c5ccc6c(c5)c5ccccc5n6-c5ccc([N+]#[C-])cc5)c4)ccc32)cc1. The van der Waals surface area contributed by atoms with Gasteiger partial charge in [0.05, 0.1) is 80.5 Å². The van der Waals surface area contributed by atoms with Gasteiger partial charge in [-0.25, -0.2) is 9.69 Å². The monoisotopic (exact) mass is 1220 g/mol. The van der Waals surface area contributed by atoms with Crippen LogP contribution in [0.4, 0.5) is 11.4 Å². The van der Waals surface area contributed by atoms with Crippen LogP contribution in [-0.4, -0.2) is 18.3 Å².